The third kappa shape index (κ3) is 19.9. The van der Waals surface area contributed by atoms with E-state index in [4.69, 9.17) is 22.6 Å². The van der Waals surface area contributed by atoms with Gasteiger partial charge in [-0.25, -0.2) is 0 Å². The molecule has 0 radical (unpaired) electrons. The van der Waals surface area contributed by atoms with E-state index in [9.17, 15) is 0 Å². The Hall–Kier alpha value is -0.110. The first-order chi connectivity index (χ1) is 9.18. The van der Waals surface area contributed by atoms with E-state index < -0.39 is 10.4 Å². The summed E-state index contributed by atoms with van der Waals surface area (Å²) in [6.07, 6.45) is 6.40. The first-order valence-corrected chi connectivity index (χ1v) is 8.06. The number of rotatable bonds is 6. The fraction of sp³-hybridized carbons (Fsp3) is 0.571. The fourth-order valence-corrected chi connectivity index (χ4v) is 1.72. The maximum atomic E-state index is 9.13. The molecular formula is C14H25NaO5S. The number of hydrogen-bond acceptors (Lipinski definition) is 3. The summed E-state index contributed by atoms with van der Waals surface area (Å²) in [4.78, 5) is 0. The van der Waals surface area contributed by atoms with Gasteiger partial charge in [0, 0.05) is 0 Å². The van der Waals surface area contributed by atoms with Crippen LogP contribution in [0, 0.1) is 5.92 Å². The summed E-state index contributed by atoms with van der Waals surface area (Å²) in [5.74, 6) is 1.19. The van der Waals surface area contributed by atoms with Gasteiger partial charge < -0.3 is 5.11 Å². The van der Waals surface area contributed by atoms with E-state index in [-0.39, 0.29) is 29.6 Å². The van der Waals surface area contributed by atoms with E-state index in [2.05, 4.69) is 13.8 Å². The van der Waals surface area contributed by atoms with Gasteiger partial charge in [0.15, 0.2) is 0 Å². The number of phenolic OH excluding ortho intramolecular Hbond substituents is 1. The van der Waals surface area contributed by atoms with Crippen molar-refractivity contribution in [3.05, 3.63) is 29.8 Å². The molecule has 1 aromatic carbocycles. The van der Waals surface area contributed by atoms with Gasteiger partial charge in [0.2, 0.25) is 0 Å². The summed E-state index contributed by atoms with van der Waals surface area (Å²) in [6, 6.07) is 7.56. The summed E-state index contributed by atoms with van der Waals surface area (Å²) in [6.45, 7) is 4.56. The van der Waals surface area contributed by atoms with Gasteiger partial charge in [-0.3, -0.25) is 9.11 Å². The van der Waals surface area contributed by atoms with Gasteiger partial charge in [-0.1, -0.05) is 45.2 Å². The second-order valence-corrected chi connectivity index (χ2v) is 6.00. The Labute approximate surface area is 149 Å². The quantitative estimate of drug-likeness (QED) is 0.424. The molecule has 0 amide bonds. The Balaban J connectivity index is 0. The van der Waals surface area contributed by atoms with Crippen LogP contribution in [0.2, 0.25) is 0 Å². The van der Waals surface area contributed by atoms with Crippen molar-refractivity contribution in [1.82, 2.24) is 0 Å². The number of unbranched alkanes of at least 4 members (excludes halogenated alkanes) is 2. The second kappa shape index (κ2) is 12.4. The van der Waals surface area contributed by atoms with Crippen molar-refractivity contribution in [2.24, 2.45) is 5.92 Å². The zero-order chi connectivity index (χ0) is 15.6. The van der Waals surface area contributed by atoms with Crippen LogP contribution < -0.4 is 0 Å². The van der Waals surface area contributed by atoms with E-state index in [0.717, 1.165) is 12.3 Å². The molecule has 7 heteroatoms. The maximum absolute atomic E-state index is 9.13. The zero-order valence-electron chi connectivity index (χ0n) is 12.0. The Morgan fingerprint density at radius 3 is 1.90 bits per heavy atom. The molecule has 0 unspecified atom stereocenters. The van der Waals surface area contributed by atoms with Crippen LogP contribution in [-0.4, -0.2) is 52.2 Å². The van der Waals surface area contributed by atoms with Gasteiger partial charge in [-0.15, -0.1) is 0 Å². The van der Waals surface area contributed by atoms with E-state index in [1.54, 1.807) is 12.1 Å². The summed E-state index contributed by atoms with van der Waals surface area (Å²) in [5, 5.41) is 9.13. The molecule has 0 fully saturated rings. The van der Waals surface area contributed by atoms with Gasteiger partial charge in [-0.05, 0) is 36.5 Å². The number of aryl methyl sites for hydroxylation is 1. The molecule has 1 rings (SSSR count). The van der Waals surface area contributed by atoms with Gasteiger partial charge in [0.1, 0.15) is 5.75 Å². The van der Waals surface area contributed by atoms with Crippen molar-refractivity contribution in [2.75, 3.05) is 0 Å². The molecule has 5 nitrogen and oxygen atoms in total. The molecule has 0 atom stereocenters. The van der Waals surface area contributed by atoms with Crippen molar-refractivity contribution in [3.63, 3.8) is 0 Å². The summed E-state index contributed by atoms with van der Waals surface area (Å²) >= 11 is 0. The third-order valence-corrected chi connectivity index (χ3v) is 2.68. The van der Waals surface area contributed by atoms with E-state index in [0.29, 0.717) is 5.75 Å². The van der Waals surface area contributed by atoms with Crippen LogP contribution >= 0.6 is 0 Å². The van der Waals surface area contributed by atoms with E-state index in [1.807, 2.05) is 12.1 Å². The zero-order valence-corrected chi connectivity index (χ0v) is 12.8. The second-order valence-electron chi connectivity index (χ2n) is 5.11. The summed E-state index contributed by atoms with van der Waals surface area (Å²) in [5.41, 5.74) is 1.33. The molecule has 3 N–H and O–H groups in total. The van der Waals surface area contributed by atoms with Crippen LogP contribution in [-0.2, 0) is 16.8 Å². The Bertz CT molecular complexity index is 449. The van der Waals surface area contributed by atoms with Gasteiger partial charge in [-0.2, -0.15) is 8.42 Å². The van der Waals surface area contributed by atoms with Crippen molar-refractivity contribution in [1.29, 1.82) is 0 Å². The number of benzene rings is 1. The third-order valence-electron chi connectivity index (χ3n) is 2.68. The van der Waals surface area contributed by atoms with Crippen LogP contribution in [0.15, 0.2) is 24.3 Å². The van der Waals surface area contributed by atoms with E-state index in [1.165, 1.54) is 31.2 Å². The predicted octanol–water partition coefficient (Wildman–Crippen LogP) is 2.85. The topological polar surface area (TPSA) is 94.8 Å². The van der Waals surface area contributed by atoms with Crippen LogP contribution in [0.25, 0.3) is 0 Å². The molecule has 0 aromatic heterocycles. The van der Waals surface area contributed by atoms with Crippen LogP contribution in [0.5, 0.6) is 5.75 Å². The van der Waals surface area contributed by atoms with Crippen molar-refractivity contribution in [2.45, 2.75) is 46.0 Å². The average molecular weight is 328 g/mol. The molecule has 0 bridgehead atoms. The molecule has 0 saturated heterocycles. The number of phenols is 1. The van der Waals surface area contributed by atoms with Crippen LogP contribution in [0.1, 0.15) is 45.1 Å². The molecule has 118 valence electrons. The average Bonchev–Trinajstić information content (AvgIpc) is 2.28. The molecule has 21 heavy (non-hydrogen) atoms. The molecular weight excluding hydrogens is 303 g/mol. The standard InChI is InChI=1S/C14H22O.Na.H2O4S.H/c1-12(2)6-4-3-5-7-13-8-10-14(15)11-9-13;;1-5(2,3)4;/h8-12,15H,3-7H2,1-2H3;;(H2,1,2,3,4);. The van der Waals surface area contributed by atoms with Gasteiger partial charge in [0.25, 0.3) is 0 Å². The molecule has 1 aromatic rings. The molecule has 0 aliphatic rings. The molecule has 0 aliphatic carbocycles. The number of hydrogen-bond donors (Lipinski definition) is 3. The molecule has 0 heterocycles. The molecule has 0 spiro atoms. The van der Waals surface area contributed by atoms with Gasteiger partial charge >= 0.3 is 40.0 Å². The number of aromatic hydroxyl groups is 1. The Morgan fingerprint density at radius 2 is 1.48 bits per heavy atom. The summed E-state index contributed by atoms with van der Waals surface area (Å²) < 4.78 is 31.6. The fourth-order valence-electron chi connectivity index (χ4n) is 1.72. The van der Waals surface area contributed by atoms with E-state index >= 15 is 0 Å². The Kier molecular flexibility index (Phi) is 13.7. The summed E-state index contributed by atoms with van der Waals surface area (Å²) in [7, 11) is -4.67. The van der Waals surface area contributed by atoms with Crippen LogP contribution in [0.4, 0.5) is 0 Å². The molecule has 0 saturated carbocycles. The van der Waals surface area contributed by atoms with Crippen molar-refractivity contribution < 1.29 is 22.6 Å². The first-order valence-electron chi connectivity index (χ1n) is 6.66. The van der Waals surface area contributed by atoms with Crippen molar-refractivity contribution >= 4 is 40.0 Å². The minimum absolute atomic E-state index is 0. The van der Waals surface area contributed by atoms with Crippen LogP contribution in [0.3, 0.4) is 0 Å². The first kappa shape index (κ1) is 23.2. The monoisotopic (exact) mass is 328 g/mol. The predicted molar refractivity (Wildman–Crippen MR) is 86.4 cm³/mol. The SMILES string of the molecule is CC(C)CCCCCc1ccc(O)cc1.O=S(=O)(O)O.[NaH]. The Morgan fingerprint density at radius 1 is 1.00 bits per heavy atom. The van der Waals surface area contributed by atoms with Crippen molar-refractivity contribution in [3.8, 4) is 5.75 Å². The minimum atomic E-state index is -4.67. The molecule has 0 aliphatic heterocycles. The normalized spacial score (nSPS) is 10.5. The van der Waals surface area contributed by atoms with Gasteiger partial charge in [0.05, 0.1) is 0 Å².